The zero-order valence-corrected chi connectivity index (χ0v) is 16.1. The predicted octanol–water partition coefficient (Wildman–Crippen LogP) is 0.453. The Morgan fingerprint density at radius 2 is 2.00 bits per heavy atom. The number of nitrogens with one attached hydrogen (secondary N) is 1. The summed E-state index contributed by atoms with van der Waals surface area (Å²) in [7, 11) is 1.61. The predicted molar refractivity (Wildman–Crippen MR) is 101 cm³/mol. The molecule has 1 saturated carbocycles. The molecule has 8 heteroatoms. The van der Waals surface area contributed by atoms with Gasteiger partial charge < -0.3 is 25.4 Å². The van der Waals surface area contributed by atoms with Crippen LogP contribution in [0.3, 0.4) is 0 Å². The van der Waals surface area contributed by atoms with Crippen molar-refractivity contribution in [3.05, 3.63) is 30.3 Å². The summed E-state index contributed by atoms with van der Waals surface area (Å²) in [6, 6.07) is 8.71. The summed E-state index contributed by atoms with van der Waals surface area (Å²) in [6.07, 6.45) is 2.14. The van der Waals surface area contributed by atoms with Crippen molar-refractivity contribution in [1.29, 1.82) is 0 Å². The molecule has 3 rings (SSSR count). The first kappa shape index (κ1) is 20.1. The van der Waals surface area contributed by atoms with Gasteiger partial charge >= 0.3 is 0 Å². The van der Waals surface area contributed by atoms with Crippen LogP contribution < -0.4 is 15.8 Å². The molecule has 3 N–H and O–H groups in total. The molecule has 1 aliphatic carbocycles. The van der Waals surface area contributed by atoms with Crippen molar-refractivity contribution in [2.45, 2.75) is 37.8 Å². The molecule has 3 atom stereocenters. The van der Waals surface area contributed by atoms with Gasteiger partial charge in [-0.05, 0) is 31.4 Å². The second kappa shape index (κ2) is 8.60. The molecular formula is C20H27N3O5. The monoisotopic (exact) mass is 389 g/mol. The number of rotatable bonds is 10. The first-order valence-electron chi connectivity index (χ1n) is 9.51. The van der Waals surface area contributed by atoms with Crippen molar-refractivity contribution < 1.29 is 23.9 Å². The van der Waals surface area contributed by atoms with Crippen molar-refractivity contribution in [2.24, 2.45) is 11.1 Å². The van der Waals surface area contributed by atoms with Gasteiger partial charge in [-0.1, -0.05) is 18.2 Å². The molecule has 1 aromatic carbocycles. The SMILES string of the molecule is COCC12CC(C(N)=O)N(C(=O)CNC(=O)CCCOc3ccccc3)C1C2. The van der Waals surface area contributed by atoms with Crippen LogP contribution in [0.4, 0.5) is 0 Å². The molecule has 3 unspecified atom stereocenters. The molecule has 152 valence electrons. The molecule has 28 heavy (non-hydrogen) atoms. The number of carbonyl (C=O) groups excluding carboxylic acids is 3. The highest BCUT2D eigenvalue weighted by molar-refractivity contribution is 5.91. The third-order valence-electron chi connectivity index (χ3n) is 5.46. The minimum Gasteiger partial charge on any atom is -0.494 e. The van der Waals surface area contributed by atoms with Crippen molar-refractivity contribution >= 4 is 17.7 Å². The van der Waals surface area contributed by atoms with Crippen molar-refractivity contribution in [3.63, 3.8) is 0 Å². The number of ether oxygens (including phenoxy) is 2. The van der Waals surface area contributed by atoms with E-state index in [0.29, 0.717) is 26.1 Å². The lowest BCUT2D eigenvalue weighted by Gasteiger charge is -2.25. The Labute approximate surface area is 164 Å². The molecule has 1 saturated heterocycles. The molecule has 1 aliphatic heterocycles. The fourth-order valence-corrected chi connectivity index (χ4v) is 4.02. The second-order valence-electron chi connectivity index (χ2n) is 7.48. The first-order chi connectivity index (χ1) is 13.5. The molecule has 3 amide bonds. The molecular weight excluding hydrogens is 362 g/mol. The van der Waals surface area contributed by atoms with Gasteiger partial charge in [-0.2, -0.15) is 0 Å². The number of carbonyl (C=O) groups is 3. The van der Waals surface area contributed by atoms with Crippen molar-refractivity contribution in [2.75, 3.05) is 26.9 Å². The van der Waals surface area contributed by atoms with Gasteiger partial charge in [0.25, 0.3) is 0 Å². The molecule has 0 aromatic heterocycles. The summed E-state index contributed by atoms with van der Waals surface area (Å²) in [6.45, 7) is 0.781. The van der Waals surface area contributed by atoms with Gasteiger partial charge in [-0.15, -0.1) is 0 Å². The lowest BCUT2D eigenvalue weighted by atomic mass is 10.0. The van der Waals surface area contributed by atoms with Crippen LogP contribution in [0.2, 0.25) is 0 Å². The van der Waals surface area contributed by atoms with Crippen LogP contribution in [0, 0.1) is 5.41 Å². The zero-order valence-electron chi connectivity index (χ0n) is 16.1. The van der Waals surface area contributed by atoms with Crippen LogP contribution >= 0.6 is 0 Å². The molecule has 2 fully saturated rings. The highest BCUT2D eigenvalue weighted by Gasteiger charge is 2.66. The van der Waals surface area contributed by atoms with Crippen molar-refractivity contribution in [1.82, 2.24) is 10.2 Å². The third kappa shape index (κ3) is 4.44. The van der Waals surface area contributed by atoms with E-state index in [4.69, 9.17) is 15.2 Å². The maximum Gasteiger partial charge on any atom is 0.242 e. The fraction of sp³-hybridized carbons (Fsp3) is 0.550. The Balaban J connectivity index is 1.40. The van der Waals surface area contributed by atoms with Crippen LogP contribution in [0.15, 0.2) is 30.3 Å². The largest absolute Gasteiger partial charge is 0.494 e. The number of para-hydroxylation sites is 1. The number of benzene rings is 1. The van der Waals surface area contributed by atoms with E-state index in [1.54, 1.807) is 12.0 Å². The van der Waals surface area contributed by atoms with E-state index in [-0.39, 0.29) is 36.2 Å². The Bertz CT molecular complexity index is 726. The Morgan fingerprint density at radius 1 is 1.25 bits per heavy atom. The minimum absolute atomic E-state index is 0.0337. The van der Waals surface area contributed by atoms with Gasteiger partial charge in [0.05, 0.1) is 19.8 Å². The summed E-state index contributed by atoms with van der Waals surface area (Å²) in [5, 5.41) is 2.63. The summed E-state index contributed by atoms with van der Waals surface area (Å²) in [5.74, 6) is -0.258. The summed E-state index contributed by atoms with van der Waals surface area (Å²) in [4.78, 5) is 37.9. The van der Waals surface area contributed by atoms with E-state index in [9.17, 15) is 14.4 Å². The van der Waals surface area contributed by atoms with Gasteiger partial charge in [0.15, 0.2) is 0 Å². The maximum atomic E-state index is 12.6. The highest BCUT2D eigenvalue weighted by atomic mass is 16.5. The lowest BCUT2D eigenvalue weighted by molar-refractivity contribution is -0.138. The number of nitrogens with zero attached hydrogens (tertiary/aromatic N) is 1. The van der Waals surface area contributed by atoms with Gasteiger partial charge in [-0.25, -0.2) is 0 Å². The number of likely N-dealkylation sites (tertiary alicyclic amines) is 1. The zero-order chi connectivity index (χ0) is 20.1. The van der Waals surface area contributed by atoms with Gasteiger partial charge in [0.1, 0.15) is 11.8 Å². The van der Waals surface area contributed by atoms with Crippen LogP contribution in [-0.4, -0.2) is 61.6 Å². The second-order valence-corrected chi connectivity index (χ2v) is 7.48. The number of amides is 3. The van der Waals surface area contributed by atoms with Gasteiger partial charge in [-0.3, -0.25) is 14.4 Å². The smallest absolute Gasteiger partial charge is 0.242 e. The number of hydrogen-bond acceptors (Lipinski definition) is 5. The Kier molecular flexibility index (Phi) is 6.18. The molecule has 0 bridgehead atoms. The molecule has 1 heterocycles. The standard InChI is InChI=1S/C20H27N3O5/c1-27-13-20-10-15(19(21)26)23(16(20)11-20)18(25)12-22-17(24)8-5-9-28-14-6-3-2-4-7-14/h2-4,6-7,15-16H,5,8-13H2,1H3,(H2,21,26)(H,22,24). The topological polar surface area (TPSA) is 111 Å². The number of fused-ring (bicyclic) bond motifs is 1. The average Bonchev–Trinajstić information content (AvgIpc) is 3.27. The number of nitrogens with two attached hydrogens (primary N) is 1. The van der Waals surface area contributed by atoms with Crippen molar-refractivity contribution in [3.8, 4) is 5.75 Å². The van der Waals surface area contributed by atoms with E-state index >= 15 is 0 Å². The number of hydrogen-bond donors (Lipinski definition) is 2. The molecule has 8 nitrogen and oxygen atoms in total. The van der Waals surface area contributed by atoms with E-state index in [1.807, 2.05) is 30.3 Å². The van der Waals surface area contributed by atoms with E-state index in [1.165, 1.54) is 0 Å². The highest BCUT2D eigenvalue weighted by Crippen LogP contribution is 2.59. The van der Waals surface area contributed by atoms with E-state index < -0.39 is 11.9 Å². The third-order valence-corrected chi connectivity index (χ3v) is 5.46. The van der Waals surface area contributed by atoms with Crippen LogP contribution in [-0.2, 0) is 19.1 Å². The maximum absolute atomic E-state index is 12.6. The molecule has 0 radical (unpaired) electrons. The molecule has 0 spiro atoms. The Hall–Kier alpha value is -2.61. The average molecular weight is 389 g/mol. The number of methoxy groups -OCH3 is 1. The van der Waals surface area contributed by atoms with Gasteiger partial charge in [0, 0.05) is 25.0 Å². The number of primary amides is 1. The van der Waals surface area contributed by atoms with E-state index in [0.717, 1.165) is 12.2 Å². The van der Waals surface area contributed by atoms with Crippen LogP contribution in [0.5, 0.6) is 5.75 Å². The summed E-state index contributed by atoms with van der Waals surface area (Å²) < 4.78 is 10.8. The summed E-state index contributed by atoms with van der Waals surface area (Å²) in [5.41, 5.74) is 5.31. The van der Waals surface area contributed by atoms with Gasteiger partial charge in [0.2, 0.25) is 17.7 Å². The lowest BCUT2D eigenvalue weighted by Crippen LogP contribution is -2.49. The molecule has 2 aliphatic rings. The minimum atomic E-state index is -0.627. The first-order valence-corrected chi connectivity index (χ1v) is 9.51. The van der Waals surface area contributed by atoms with Crippen LogP contribution in [0.25, 0.3) is 0 Å². The fourth-order valence-electron chi connectivity index (χ4n) is 4.02. The quantitative estimate of drug-likeness (QED) is 0.565. The van der Waals surface area contributed by atoms with Crippen LogP contribution in [0.1, 0.15) is 25.7 Å². The number of piperidine rings is 1. The Morgan fingerprint density at radius 3 is 2.68 bits per heavy atom. The van der Waals surface area contributed by atoms with E-state index in [2.05, 4.69) is 5.32 Å². The molecule has 1 aromatic rings. The summed E-state index contributed by atoms with van der Waals surface area (Å²) >= 11 is 0. The normalized spacial score (nSPS) is 25.1.